The second-order valence-corrected chi connectivity index (χ2v) is 7.19. The average Bonchev–Trinajstić information content (AvgIpc) is 2.95. The lowest BCUT2D eigenvalue weighted by atomic mass is 10.2. The fraction of sp³-hybridized carbons (Fsp3) is 0.765. The Balaban J connectivity index is 0.00000169. The van der Waals surface area contributed by atoms with Crippen LogP contribution in [0.3, 0.4) is 0 Å². The van der Waals surface area contributed by atoms with Gasteiger partial charge in [-0.3, -0.25) is 14.4 Å². The van der Waals surface area contributed by atoms with E-state index in [4.69, 9.17) is 4.74 Å². The smallest absolute Gasteiger partial charge is 0.221 e. The molecule has 0 aliphatic carbocycles. The normalized spacial score (nSPS) is 20.0. The molecule has 2 aliphatic rings. The molecule has 1 saturated heterocycles. The zero-order valence-electron chi connectivity index (χ0n) is 15.6. The Morgan fingerprint density at radius 2 is 2.23 bits per heavy atom. The first-order valence-corrected chi connectivity index (χ1v) is 8.96. The van der Waals surface area contributed by atoms with E-state index in [1.807, 2.05) is 0 Å². The summed E-state index contributed by atoms with van der Waals surface area (Å²) in [6, 6.07) is 2.24. The van der Waals surface area contributed by atoms with Crippen LogP contribution >= 0.6 is 24.8 Å². The van der Waals surface area contributed by atoms with Crippen LogP contribution in [0.25, 0.3) is 0 Å². The van der Waals surface area contributed by atoms with E-state index in [-0.39, 0.29) is 36.8 Å². The van der Waals surface area contributed by atoms with Crippen molar-refractivity contribution in [1.29, 1.82) is 0 Å². The minimum Gasteiger partial charge on any atom is -0.378 e. The minimum absolute atomic E-state index is 0. The van der Waals surface area contributed by atoms with Crippen molar-refractivity contribution >= 4 is 30.7 Å². The van der Waals surface area contributed by atoms with Crippen molar-refractivity contribution in [2.45, 2.75) is 45.9 Å². The molecule has 2 aliphatic heterocycles. The van der Waals surface area contributed by atoms with Crippen LogP contribution in [0.4, 0.5) is 0 Å². The molecule has 3 rings (SSSR count). The molecule has 1 amide bonds. The van der Waals surface area contributed by atoms with E-state index in [0.29, 0.717) is 25.5 Å². The molecule has 9 heteroatoms. The number of carbonyl (C=O) groups excluding carboxylic acids is 1. The van der Waals surface area contributed by atoms with Gasteiger partial charge < -0.3 is 15.4 Å². The Labute approximate surface area is 168 Å². The van der Waals surface area contributed by atoms with Gasteiger partial charge in [0, 0.05) is 38.6 Å². The molecule has 0 radical (unpaired) electrons. The van der Waals surface area contributed by atoms with Gasteiger partial charge in [-0.1, -0.05) is 13.8 Å². The first kappa shape index (κ1) is 23.2. The maximum atomic E-state index is 12.1. The number of halogens is 2. The van der Waals surface area contributed by atoms with Crippen LogP contribution in [0.5, 0.6) is 0 Å². The number of nitrogens with one attached hydrogen (secondary N) is 2. The maximum absolute atomic E-state index is 12.1. The van der Waals surface area contributed by atoms with Crippen molar-refractivity contribution in [3.05, 3.63) is 17.5 Å². The number of nitrogens with zero attached hydrogens (tertiary/aromatic N) is 3. The van der Waals surface area contributed by atoms with E-state index >= 15 is 0 Å². The quantitative estimate of drug-likeness (QED) is 0.740. The summed E-state index contributed by atoms with van der Waals surface area (Å²) >= 11 is 0. The van der Waals surface area contributed by atoms with Crippen LogP contribution in [0.15, 0.2) is 6.07 Å². The summed E-state index contributed by atoms with van der Waals surface area (Å²) < 4.78 is 7.45. The lowest BCUT2D eigenvalue weighted by molar-refractivity contribution is -0.122. The van der Waals surface area contributed by atoms with Gasteiger partial charge in [0.1, 0.15) is 0 Å². The molecule has 1 unspecified atom stereocenters. The molecule has 0 aromatic carbocycles. The van der Waals surface area contributed by atoms with Gasteiger partial charge in [0.2, 0.25) is 5.91 Å². The number of aromatic nitrogens is 2. The summed E-state index contributed by atoms with van der Waals surface area (Å²) in [6.45, 7) is 11.2. The molecule has 0 bridgehead atoms. The molecule has 26 heavy (non-hydrogen) atoms. The van der Waals surface area contributed by atoms with Crippen LogP contribution in [-0.2, 0) is 29.2 Å². The first-order valence-electron chi connectivity index (χ1n) is 8.96. The summed E-state index contributed by atoms with van der Waals surface area (Å²) in [5.41, 5.74) is 2.19. The number of hydrogen-bond donors (Lipinski definition) is 2. The molecule has 1 aromatic heterocycles. The largest absolute Gasteiger partial charge is 0.378 e. The second kappa shape index (κ2) is 11.1. The molecule has 1 atom stereocenters. The highest BCUT2D eigenvalue weighted by atomic mass is 35.5. The van der Waals surface area contributed by atoms with Gasteiger partial charge in [0.15, 0.2) is 0 Å². The van der Waals surface area contributed by atoms with E-state index in [0.717, 1.165) is 45.0 Å². The molecule has 3 heterocycles. The SMILES string of the molecule is CC(C)CN1CCn2nc(CNC(=O)CC3COCCN3)cc2C1.Cl.Cl. The van der Waals surface area contributed by atoms with Gasteiger partial charge in [-0.15, -0.1) is 24.8 Å². The number of rotatable bonds is 6. The van der Waals surface area contributed by atoms with Crippen molar-refractivity contribution in [1.82, 2.24) is 25.3 Å². The highest BCUT2D eigenvalue weighted by molar-refractivity contribution is 5.85. The van der Waals surface area contributed by atoms with Gasteiger partial charge in [0.25, 0.3) is 0 Å². The van der Waals surface area contributed by atoms with Crippen LogP contribution < -0.4 is 10.6 Å². The van der Waals surface area contributed by atoms with Gasteiger partial charge in [-0.2, -0.15) is 5.10 Å². The van der Waals surface area contributed by atoms with Crippen LogP contribution in [0, 0.1) is 5.92 Å². The lowest BCUT2D eigenvalue weighted by Gasteiger charge is -2.28. The molecular formula is C17H31Cl2N5O2. The Morgan fingerprint density at radius 1 is 1.42 bits per heavy atom. The molecule has 1 aromatic rings. The van der Waals surface area contributed by atoms with Gasteiger partial charge in [-0.05, 0) is 12.0 Å². The minimum atomic E-state index is 0. The molecule has 0 saturated carbocycles. The van der Waals surface area contributed by atoms with Gasteiger partial charge >= 0.3 is 0 Å². The Bertz CT molecular complexity index is 561. The number of carbonyl (C=O) groups is 1. The number of fused-ring (bicyclic) bond motifs is 1. The lowest BCUT2D eigenvalue weighted by Crippen LogP contribution is -2.44. The van der Waals surface area contributed by atoms with Gasteiger partial charge in [-0.25, -0.2) is 0 Å². The average molecular weight is 408 g/mol. The summed E-state index contributed by atoms with van der Waals surface area (Å²) in [6.07, 6.45) is 0.454. The van der Waals surface area contributed by atoms with E-state index in [2.05, 4.69) is 45.2 Å². The van der Waals surface area contributed by atoms with Crippen LogP contribution in [0.1, 0.15) is 31.7 Å². The van der Waals surface area contributed by atoms with Crippen LogP contribution in [0.2, 0.25) is 0 Å². The molecule has 2 N–H and O–H groups in total. The maximum Gasteiger partial charge on any atom is 0.221 e. The van der Waals surface area contributed by atoms with E-state index in [1.54, 1.807) is 0 Å². The molecule has 150 valence electrons. The van der Waals surface area contributed by atoms with Crippen molar-refractivity contribution in [3.63, 3.8) is 0 Å². The number of morpholine rings is 1. The highest BCUT2D eigenvalue weighted by Crippen LogP contribution is 2.15. The zero-order chi connectivity index (χ0) is 16.9. The zero-order valence-corrected chi connectivity index (χ0v) is 17.2. The van der Waals surface area contributed by atoms with Crippen LogP contribution in [-0.4, -0.2) is 59.5 Å². The number of hydrogen-bond acceptors (Lipinski definition) is 5. The van der Waals surface area contributed by atoms with E-state index in [1.165, 1.54) is 5.69 Å². The highest BCUT2D eigenvalue weighted by Gasteiger charge is 2.20. The summed E-state index contributed by atoms with van der Waals surface area (Å²) in [4.78, 5) is 14.5. The molecular weight excluding hydrogens is 377 g/mol. The molecule has 7 nitrogen and oxygen atoms in total. The predicted octanol–water partition coefficient (Wildman–Crippen LogP) is 1.19. The first-order chi connectivity index (χ1) is 11.6. The Morgan fingerprint density at radius 3 is 2.92 bits per heavy atom. The Kier molecular flexibility index (Phi) is 9.89. The van der Waals surface area contributed by atoms with Crippen molar-refractivity contribution in [2.24, 2.45) is 5.92 Å². The molecule has 1 fully saturated rings. The summed E-state index contributed by atoms with van der Waals surface area (Å²) in [5, 5.41) is 10.9. The third-order valence-electron chi connectivity index (χ3n) is 4.45. The topological polar surface area (TPSA) is 71.4 Å². The van der Waals surface area contributed by atoms with Crippen molar-refractivity contribution < 1.29 is 9.53 Å². The number of ether oxygens (including phenoxy) is 1. The Hall–Kier alpha value is -0.860. The fourth-order valence-corrected chi connectivity index (χ4v) is 3.37. The molecule has 0 spiro atoms. The van der Waals surface area contributed by atoms with E-state index < -0.39 is 0 Å². The third-order valence-corrected chi connectivity index (χ3v) is 4.45. The summed E-state index contributed by atoms with van der Waals surface area (Å²) in [5.74, 6) is 0.723. The standard InChI is InChI=1S/C17H29N5O2.2ClH/c1-13(2)10-21-4-5-22-16(11-21)7-14(20-22)9-19-17(23)8-15-12-24-6-3-18-15;;/h7,13,15,18H,3-6,8-12H2,1-2H3,(H,19,23);2*1H. The third kappa shape index (κ3) is 6.70. The second-order valence-electron chi connectivity index (χ2n) is 7.19. The van der Waals surface area contributed by atoms with E-state index in [9.17, 15) is 4.79 Å². The summed E-state index contributed by atoms with van der Waals surface area (Å²) in [7, 11) is 0. The van der Waals surface area contributed by atoms with Crippen molar-refractivity contribution in [3.8, 4) is 0 Å². The van der Waals surface area contributed by atoms with Gasteiger partial charge in [0.05, 0.1) is 37.7 Å². The predicted molar refractivity (Wildman–Crippen MR) is 106 cm³/mol. The fourth-order valence-electron chi connectivity index (χ4n) is 3.37. The monoisotopic (exact) mass is 407 g/mol. The number of amides is 1. The van der Waals surface area contributed by atoms with Crippen molar-refractivity contribution in [2.75, 3.05) is 32.8 Å².